The van der Waals surface area contributed by atoms with Crippen molar-refractivity contribution in [2.75, 3.05) is 10.0 Å². The number of rotatable bonds is 4. The van der Waals surface area contributed by atoms with Crippen molar-refractivity contribution in [1.29, 1.82) is 0 Å². The number of benzene rings is 3. The Labute approximate surface area is 185 Å². The summed E-state index contributed by atoms with van der Waals surface area (Å²) in [6, 6.07) is 11.1. The van der Waals surface area contributed by atoms with Gasteiger partial charge in [0.15, 0.2) is 0 Å². The summed E-state index contributed by atoms with van der Waals surface area (Å²) in [5, 5.41) is 22.2. The molecule has 170 valence electrons. The van der Waals surface area contributed by atoms with Gasteiger partial charge in [0.2, 0.25) is 0 Å². The van der Waals surface area contributed by atoms with Crippen molar-refractivity contribution < 1.29 is 36.6 Å². The minimum Gasteiger partial charge on any atom is -0.508 e. The number of carbonyl (C=O) groups excluding carboxylic acids is 1. The zero-order chi connectivity index (χ0) is 24.0. The van der Waals surface area contributed by atoms with Gasteiger partial charge in [-0.2, -0.15) is 13.2 Å². The third-order valence-corrected chi connectivity index (χ3v) is 6.24. The van der Waals surface area contributed by atoms with Gasteiger partial charge in [-0.05, 0) is 66.7 Å². The lowest BCUT2D eigenvalue weighted by Crippen LogP contribution is -2.13. The van der Waals surface area contributed by atoms with Crippen LogP contribution in [0, 0.1) is 0 Å². The van der Waals surface area contributed by atoms with Gasteiger partial charge in [0.1, 0.15) is 11.5 Å². The first kappa shape index (κ1) is 22.2. The van der Waals surface area contributed by atoms with E-state index >= 15 is 0 Å². The molecule has 3 aromatic carbocycles. The van der Waals surface area contributed by atoms with Crippen LogP contribution in [-0.4, -0.2) is 24.5 Å². The fraction of sp³-hybridized carbons (Fsp3) is 0.0455. The second-order valence-corrected chi connectivity index (χ2v) is 8.83. The van der Waals surface area contributed by atoms with Crippen LogP contribution >= 0.6 is 0 Å². The highest BCUT2D eigenvalue weighted by Crippen LogP contribution is 2.37. The highest BCUT2D eigenvalue weighted by molar-refractivity contribution is 7.92. The normalized spacial score (nSPS) is 14.8. The summed E-state index contributed by atoms with van der Waals surface area (Å²) in [7, 11) is -4.20. The van der Waals surface area contributed by atoms with Gasteiger partial charge in [-0.25, -0.2) is 8.42 Å². The zero-order valence-corrected chi connectivity index (χ0v) is 17.3. The molecule has 3 aromatic rings. The average Bonchev–Trinajstić information content (AvgIpc) is 3.04. The van der Waals surface area contributed by atoms with Crippen LogP contribution in [0.25, 0.3) is 11.6 Å². The Hall–Kier alpha value is -3.99. The molecule has 1 aliphatic rings. The van der Waals surface area contributed by atoms with Crippen LogP contribution in [-0.2, 0) is 21.0 Å². The molecular formula is C22H15F3N2O5S. The minimum absolute atomic E-state index is 0.0532. The van der Waals surface area contributed by atoms with E-state index in [0.717, 1.165) is 24.3 Å². The summed E-state index contributed by atoms with van der Waals surface area (Å²) in [5.41, 5.74) is -0.227. The number of aromatic hydroxyl groups is 2. The van der Waals surface area contributed by atoms with Crippen LogP contribution in [0.15, 0.2) is 65.6 Å². The van der Waals surface area contributed by atoms with E-state index in [1.807, 2.05) is 0 Å². The summed E-state index contributed by atoms with van der Waals surface area (Å²) in [4.78, 5) is 12.2. The summed E-state index contributed by atoms with van der Waals surface area (Å²) in [5.74, 6) is -0.886. The molecule has 1 heterocycles. The van der Waals surface area contributed by atoms with Crippen LogP contribution in [0.3, 0.4) is 0 Å². The molecule has 4 N–H and O–H groups in total. The topological polar surface area (TPSA) is 116 Å². The van der Waals surface area contributed by atoms with Crippen molar-refractivity contribution in [2.24, 2.45) is 0 Å². The largest absolute Gasteiger partial charge is 0.508 e. The lowest BCUT2D eigenvalue weighted by Gasteiger charge is -2.11. The molecule has 0 bridgehead atoms. The van der Waals surface area contributed by atoms with Crippen molar-refractivity contribution in [2.45, 2.75) is 11.1 Å². The van der Waals surface area contributed by atoms with E-state index < -0.39 is 27.7 Å². The molecule has 0 spiro atoms. The first-order valence-corrected chi connectivity index (χ1v) is 10.8. The van der Waals surface area contributed by atoms with E-state index in [4.69, 9.17) is 0 Å². The number of phenolic OH excluding ortho intramolecular Hbond substituents is 2. The van der Waals surface area contributed by atoms with Gasteiger partial charge in [-0.1, -0.05) is 0 Å². The number of hydrogen-bond donors (Lipinski definition) is 4. The number of halogens is 3. The van der Waals surface area contributed by atoms with E-state index in [-0.39, 0.29) is 38.8 Å². The predicted molar refractivity (Wildman–Crippen MR) is 115 cm³/mol. The molecule has 0 aromatic heterocycles. The van der Waals surface area contributed by atoms with Crippen molar-refractivity contribution in [3.63, 3.8) is 0 Å². The number of fused-ring (bicyclic) bond motifs is 1. The standard InChI is InChI=1S/C22H15F3N2O5S/c23-22(24,25)13-1-3-14(4-2-13)27-33(31,32)16-6-7-19-17(11-16)18(21(30)26-19)10-12-9-15(28)5-8-20(12)29/h1-11,27-29H,(H,26,30). The lowest BCUT2D eigenvalue weighted by atomic mass is 10.0. The number of nitrogens with one attached hydrogen (secondary N) is 2. The van der Waals surface area contributed by atoms with Gasteiger partial charge in [0.05, 0.1) is 10.5 Å². The molecule has 1 amide bonds. The maximum absolute atomic E-state index is 12.8. The Balaban J connectivity index is 1.68. The molecule has 0 radical (unpaired) electrons. The highest BCUT2D eigenvalue weighted by atomic mass is 32.2. The number of hydrogen-bond acceptors (Lipinski definition) is 5. The zero-order valence-electron chi connectivity index (χ0n) is 16.5. The maximum Gasteiger partial charge on any atom is 0.416 e. The molecule has 4 rings (SSSR count). The first-order chi connectivity index (χ1) is 15.4. The Kier molecular flexibility index (Phi) is 5.29. The molecule has 0 unspecified atom stereocenters. The molecule has 11 heteroatoms. The Morgan fingerprint density at radius 3 is 2.30 bits per heavy atom. The van der Waals surface area contributed by atoms with E-state index in [1.54, 1.807) is 0 Å². The number of amides is 1. The fourth-order valence-corrected chi connectivity index (χ4v) is 4.32. The van der Waals surface area contributed by atoms with Crippen molar-refractivity contribution >= 4 is 39.0 Å². The monoisotopic (exact) mass is 476 g/mol. The number of phenols is 2. The summed E-state index contributed by atoms with van der Waals surface area (Å²) in [6.07, 6.45) is -3.25. The Bertz CT molecular complexity index is 1400. The van der Waals surface area contributed by atoms with Gasteiger partial charge in [0.25, 0.3) is 15.9 Å². The van der Waals surface area contributed by atoms with Crippen LogP contribution in [0.5, 0.6) is 11.5 Å². The highest BCUT2D eigenvalue weighted by Gasteiger charge is 2.30. The number of alkyl halides is 3. The SMILES string of the molecule is O=C1Nc2ccc(S(=O)(=O)Nc3ccc(C(F)(F)F)cc3)cc2C1=Cc1cc(O)ccc1O. The quantitative estimate of drug-likeness (QED) is 0.329. The van der Waals surface area contributed by atoms with Crippen molar-refractivity contribution in [1.82, 2.24) is 0 Å². The van der Waals surface area contributed by atoms with Gasteiger partial charge < -0.3 is 15.5 Å². The van der Waals surface area contributed by atoms with Crippen LogP contribution < -0.4 is 10.0 Å². The average molecular weight is 476 g/mol. The second kappa shape index (κ2) is 7.85. The molecule has 33 heavy (non-hydrogen) atoms. The number of carbonyl (C=O) groups is 1. The molecule has 0 fully saturated rings. The van der Waals surface area contributed by atoms with Crippen LogP contribution in [0.1, 0.15) is 16.7 Å². The van der Waals surface area contributed by atoms with Crippen molar-refractivity contribution in [3.05, 3.63) is 77.4 Å². The van der Waals surface area contributed by atoms with E-state index in [1.165, 1.54) is 42.5 Å². The molecule has 0 aliphatic carbocycles. The molecule has 0 atom stereocenters. The Morgan fingerprint density at radius 2 is 1.64 bits per heavy atom. The third kappa shape index (κ3) is 4.48. The lowest BCUT2D eigenvalue weighted by molar-refractivity contribution is -0.137. The van der Waals surface area contributed by atoms with Crippen LogP contribution in [0.2, 0.25) is 0 Å². The van der Waals surface area contributed by atoms with Crippen LogP contribution in [0.4, 0.5) is 24.5 Å². The summed E-state index contributed by atoms with van der Waals surface area (Å²) < 4.78 is 65.9. The summed E-state index contributed by atoms with van der Waals surface area (Å²) >= 11 is 0. The molecule has 0 saturated carbocycles. The molecule has 0 saturated heterocycles. The van der Waals surface area contributed by atoms with E-state index in [9.17, 15) is 36.6 Å². The Morgan fingerprint density at radius 1 is 0.939 bits per heavy atom. The van der Waals surface area contributed by atoms with Crippen molar-refractivity contribution in [3.8, 4) is 11.5 Å². The first-order valence-electron chi connectivity index (χ1n) is 9.33. The minimum atomic E-state index is -4.55. The molecule has 7 nitrogen and oxygen atoms in total. The molecule has 1 aliphatic heterocycles. The third-order valence-electron chi connectivity index (χ3n) is 4.86. The van der Waals surface area contributed by atoms with Gasteiger partial charge >= 0.3 is 6.18 Å². The number of anilines is 2. The summed E-state index contributed by atoms with van der Waals surface area (Å²) in [6.45, 7) is 0. The second-order valence-electron chi connectivity index (χ2n) is 7.14. The van der Waals surface area contributed by atoms with Gasteiger partial charge in [0, 0.05) is 28.1 Å². The predicted octanol–water partition coefficient (Wildman–Crippen LogP) is 4.41. The van der Waals surface area contributed by atoms with Gasteiger partial charge in [-0.3, -0.25) is 9.52 Å². The smallest absolute Gasteiger partial charge is 0.416 e. The maximum atomic E-state index is 12.8. The van der Waals surface area contributed by atoms with E-state index in [0.29, 0.717) is 5.69 Å². The fourth-order valence-electron chi connectivity index (χ4n) is 3.23. The van der Waals surface area contributed by atoms with Gasteiger partial charge in [-0.15, -0.1) is 0 Å². The molecular weight excluding hydrogens is 461 g/mol. The number of sulfonamides is 1. The van der Waals surface area contributed by atoms with E-state index in [2.05, 4.69) is 10.0 Å².